The summed E-state index contributed by atoms with van der Waals surface area (Å²) in [5, 5.41) is 0. The molecule has 0 bridgehead atoms. The van der Waals surface area contributed by atoms with Crippen molar-refractivity contribution in [3.63, 3.8) is 0 Å². The summed E-state index contributed by atoms with van der Waals surface area (Å²) in [5.74, 6) is 0.828. The average molecular weight is 307 g/mol. The first-order valence-electron chi connectivity index (χ1n) is 5.75. The van der Waals surface area contributed by atoms with Gasteiger partial charge in [-0.15, -0.1) is 0 Å². The Kier molecular flexibility index (Phi) is 3.81. The zero-order valence-electron chi connectivity index (χ0n) is 9.30. The summed E-state index contributed by atoms with van der Waals surface area (Å²) < 4.78 is 37.1. The molecule has 0 N–H and O–H groups in total. The van der Waals surface area contributed by atoms with Crippen molar-refractivity contribution in [2.45, 2.75) is 36.7 Å². The summed E-state index contributed by atoms with van der Waals surface area (Å²) in [5.41, 5.74) is 0.384. The molecule has 94 valence electrons. The molecule has 1 aromatic rings. The highest BCUT2D eigenvalue weighted by atomic mass is 79.9. The molecule has 0 heterocycles. The summed E-state index contributed by atoms with van der Waals surface area (Å²) in [6, 6.07) is 5.46. The van der Waals surface area contributed by atoms with Crippen molar-refractivity contribution in [3.05, 3.63) is 35.4 Å². The first kappa shape index (κ1) is 12.9. The van der Waals surface area contributed by atoms with Crippen molar-refractivity contribution in [2.24, 2.45) is 5.92 Å². The van der Waals surface area contributed by atoms with E-state index in [0.717, 1.165) is 36.5 Å². The maximum absolute atomic E-state index is 12.4. The van der Waals surface area contributed by atoms with Crippen LogP contribution in [0.2, 0.25) is 0 Å². The summed E-state index contributed by atoms with van der Waals surface area (Å²) in [7, 11) is 0. The van der Waals surface area contributed by atoms with E-state index >= 15 is 0 Å². The Morgan fingerprint density at radius 2 is 1.76 bits per heavy atom. The van der Waals surface area contributed by atoms with Crippen LogP contribution in [-0.4, -0.2) is 4.83 Å². The van der Waals surface area contributed by atoms with Crippen LogP contribution >= 0.6 is 15.9 Å². The lowest BCUT2D eigenvalue weighted by Gasteiger charge is -2.10. The molecule has 0 aliphatic heterocycles. The third-order valence-corrected chi connectivity index (χ3v) is 3.72. The van der Waals surface area contributed by atoms with Crippen LogP contribution < -0.4 is 0 Å². The highest BCUT2D eigenvalue weighted by Gasteiger charge is 2.30. The SMILES string of the molecule is FC(F)(F)c1ccc(CC(Br)CC2CC2)cc1. The van der Waals surface area contributed by atoms with Gasteiger partial charge in [-0.25, -0.2) is 0 Å². The molecule has 0 nitrogen and oxygen atoms in total. The number of halogens is 4. The molecule has 0 aromatic heterocycles. The minimum Gasteiger partial charge on any atom is -0.166 e. The van der Waals surface area contributed by atoms with Gasteiger partial charge in [-0.1, -0.05) is 40.9 Å². The van der Waals surface area contributed by atoms with Gasteiger partial charge >= 0.3 is 6.18 Å². The fraction of sp³-hybridized carbons (Fsp3) is 0.538. The maximum atomic E-state index is 12.4. The number of hydrogen-bond donors (Lipinski definition) is 0. The second kappa shape index (κ2) is 5.01. The Bertz CT molecular complexity index is 365. The van der Waals surface area contributed by atoms with Gasteiger partial charge in [0.15, 0.2) is 0 Å². The van der Waals surface area contributed by atoms with Gasteiger partial charge in [0.25, 0.3) is 0 Å². The Labute approximate surface area is 107 Å². The zero-order valence-corrected chi connectivity index (χ0v) is 10.9. The standard InChI is InChI=1S/C13H14BrF3/c14-12(7-9-1-2-9)8-10-3-5-11(6-4-10)13(15,16)17/h3-6,9,12H,1-2,7-8H2. The fourth-order valence-electron chi connectivity index (χ4n) is 1.88. The van der Waals surface area contributed by atoms with E-state index in [2.05, 4.69) is 15.9 Å². The van der Waals surface area contributed by atoms with E-state index in [4.69, 9.17) is 0 Å². The van der Waals surface area contributed by atoms with Crippen LogP contribution in [0.3, 0.4) is 0 Å². The normalized spacial score (nSPS) is 18.1. The van der Waals surface area contributed by atoms with Gasteiger partial charge in [0, 0.05) is 4.83 Å². The number of benzene rings is 1. The molecule has 0 spiro atoms. The minimum atomic E-state index is -4.24. The van der Waals surface area contributed by atoms with Crippen molar-refractivity contribution in [2.75, 3.05) is 0 Å². The first-order chi connectivity index (χ1) is 7.95. The molecular formula is C13H14BrF3. The van der Waals surface area contributed by atoms with Gasteiger partial charge in [-0.05, 0) is 36.5 Å². The van der Waals surface area contributed by atoms with Gasteiger partial charge in [0.2, 0.25) is 0 Å². The van der Waals surface area contributed by atoms with E-state index in [9.17, 15) is 13.2 Å². The Morgan fingerprint density at radius 1 is 1.18 bits per heavy atom. The molecule has 0 amide bonds. The van der Waals surface area contributed by atoms with E-state index in [0.29, 0.717) is 4.83 Å². The molecule has 0 saturated heterocycles. The van der Waals surface area contributed by atoms with Crippen molar-refractivity contribution in [1.29, 1.82) is 0 Å². The highest BCUT2D eigenvalue weighted by molar-refractivity contribution is 9.09. The van der Waals surface area contributed by atoms with Crippen LogP contribution in [0.4, 0.5) is 13.2 Å². The molecule has 1 unspecified atom stereocenters. The molecule has 2 rings (SSSR count). The summed E-state index contributed by atoms with van der Waals surface area (Å²) in [6.45, 7) is 0. The Balaban J connectivity index is 1.92. The molecule has 1 saturated carbocycles. The minimum absolute atomic E-state index is 0.381. The third kappa shape index (κ3) is 4.02. The smallest absolute Gasteiger partial charge is 0.166 e. The number of alkyl halides is 4. The largest absolute Gasteiger partial charge is 0.416 e. The third-order valence-electron chi connectivity index (χ3n) is 3.02. The second-order valence-corrected chi connectivity index (χ2v) is 5.97. The summed E-state index contributed by atoms with van der Waals surface area (Å²) in [4.78, 5) is 0.381. The van der Waals surface area contributed by atoms with Gasteiger partial charge in [0.05, 0.1) is 5.56 Å². The molecule has 1 atom stereocenters. The molecule has 1 aromatic carbocycles. The van der Waals surface area contributed by atoms with E-state index in [1.54, 1.807) is 12.1 Å². The average Bonchev–Trinajstić information content (AvgIpc) is 3.01. The van der Waals surface area contributed by atoms with Gasteiger partial charge in [-0.3, -0.25) is 0 Å². The Morgan fingerprint density at radius 3 is 2.24 bits per heavy atom. The second-order valence-electron chi connectivity index (χ2n) is 4.68. The van der Waals surface area contributed by atoms with Crippen molar-refractivity contribution in [1.82, 2.24) is 0 Å². The molecule has 1 fully saturated rings. The monoisotopic (exact) mass is 306 g/mol. The molecule has 17 heavy (non-hydrogen) atoms. The Hall–Kier alpha value is -0.510. The molecule has 1 aliphatic rings. The molecule has 4 heteroatoms. The molecular weight excluding hydrogens is 293 g/mol. The van der Waals surface area contributed by atoms with E-state index in [1.165, 1.54) is 12.8 Å². The quantitative estimate of drug-likeness (QED) is 0.700. The topological polar surface area (TPSA) is 0 Å². The molecule has 1 aliphatic carbocycles. The van der Waals surface area contributed by atoms with Crippen LogP contribution in [0.25, 0.3) is 0 Å². The van der Waals surface area contributed by atoms with Crippen LogP contribution in [0, 0.1) is 5.92 Å². The highest BCUT2D eigenvalue weighted by Crippen LogP contribution is 2.36. The van der Waals surface area contributed by atoms with Crippen molar-refractivity contribution in [3.8, 4) is 0 Å². The van der Waals surface area contributed by atoms with Crippen molar-refractivity contribution >= 4 is 15.9 Å². The van der Waals surface area contributed by atoms with E-state index in [-0.39, 0.29) is 0 Å². The summed E-state index contributed by atoms with van der Waals surface area (Å²) >= 11 is 3.59. The van der Waals surface area contributed by atoms with Gasteiger partial charge < -0.3 is 0 Å². The van der Waals surface area contributed by atoms with E-state index < -0.39 is 11.7 Å². The van der Waals surface area contributed by atoms with Crippen molar-refractivity contribution < 1.29 is 13.2 Å². The number of hydrogen-bond acceptors (Lipinski definition) is 0. The first-order valence-corrected chi connectivity index (χ1v) is 6.67. The molecule has 0 radical (unpaired) electrons. The lowest BCUT2D eigenvalue weighted by Crippen LogP contribution is -2.06. The maximum Gasteiger partial charge on any atom is 0.416 e. The van der Waals surface area contributed by atoms with E-state index in [1.807, 2.05) is 0 Å². The predicted octanol–water partition coefficient (Wildman–Crippen LogP) is 4.81. The number of rotatable bonds is 4. The lowest BCUT2D eigenvalue weighted by atomic mass is 10.0. The zero-order chi connectivity index (χ0) is 12.5. The van der Waals surface area contributed by atoms with Crippen LogP contribution in [-0.2, 0) is 12.6 Å². The fourth-order valence-corrected chi connectivity index (χ4v) is 2.79. The van der Waals surface area contributed by atoms with Crippen LogP contribution in [0.1, 0.15) is 30.4 Å². The predicted molar refractivity (Wildman–Crippen MR) is 65.2 cm³/mol. The summed E-state index contributed by atoms with van der Waals surface area (Å²) in [6.07, 6.45) is 0.292. The lowest BCUT2D eigenvalue weighted by molar-refractivity contribution is -0.137. The van der Waals surface area contributed by atoms with Gasteiger partial charge in [-0.2, -0.15) is 13.2 Å². The van der Waals surface area contributed by atoms with Crippen LogP contribution in [0.15, 0.2) is 24.3 Å². The van der Waals surface area contributed by atoms with Gasteiger partial charge in [0.1, 0.15) is 0 Å². The van der Waals surface area contributed by atoms with Crippen LogP contribution in [0.5, 0.6) is 0 Å².